The molecule has 1 aliphatic heterocycles. The molecule has 0 N–H and O–H groups in total. The summed E-state index contributed by atoms with van der Waals surface area (Å²) >= 11 is 6.12. The van der Waals surface area contributed by atoms with E-state index in [1.54, 1.807) is 0 Å². The number of fused-ring (bicyclic) bond motifs is 5. The van der Waals surface area contributed by atoms with Gasteiger partial charge in [-0.25, -0.2) is 4.79 Å². The van der Waals surface area contributed by atoms with E-state index in [2.05, 4.69) is 9.84 Å². The van der Waals surface area contributed by atoms with Crippen LogP contribution >= 0.6 is 11.6 Å². The minimum atomic E-state index is -0.578. The number of rotatable bonds is 6. The predicted octanol–water partition coefficient (Wildman–Crippen LogP) is 2.04. The van der Waals surface area contributed by atoms with Gasteiger partial charge in [0.15, 0.2) is 18.1 Å². The lowest BCUT2D eigenvalue weighted by Gasteiger charge is -2.14. The number of carbonyl (C=O) groups excluding carboxylic acids is 3. The number of hydrazone groups is 1. The fourth-order valence-electron chi connectivity index (χ4n) is 4.30. The van der Waals surface area contributed by atoms with Gasteiger partial charge >= 0.3 is 5.97 Å². The molecule has 0 spiro atoms. The lowest BCUT2D eigenvalue weighted by atomic mass is 9.85. The van der Waals surface area contributed by atoms with Crippen LogP contribution in [0.25, 0.3) is 0 Å². The lowest BCUT2D eigenvalue weighted by Crippen LogP contribution is -2.28. The maximum atomic E-state index is 12.8. The molecule has 3 aliphatic rings. The van der Waals surface area contributed by atoms with Crippen LogP contribution in [0.1, 0.15) is 12.0 Å². The maximum Gasteiger partial charge on any atom is 0.343 e. The number of imide groups is 1. The number of carbonyl (C=O) groups is 3. The molecule has 4 unspecified atom stereocenters. The van der Waals surface area contributed by atoms with Crippen molar-refractivity contribution in [2.75, 3.05) is 20.8 Å². The van der Waals surface area contributed by atoms with Crippen molar-refractivity contribution >= 4 is 35.6 Å². The highest BCUT2D eigenvalue weighted by Crippen LogP contribution is 2.52. The molecule has 1 saturated heterocycles. The molecule has 4 rings (SSSR count). The monoisotopic (exact) mass is 418 g/mol. The van der Waals surface area contributed by atoms with E-state index in [4.69, 9.17) is 21.1 Å². The van der Waals surface area contributed by atoms with Gasteiger partial charge in [-0.1, -0.05) is 23.8 Å². The molecule has 152 valence electrons. The molecular weight excluding hydrogens is 400 g/mol. The van der Waals surface area contributed by atoms with E-state index in [1.807, 2.05) is 12.2 Å². The van der Waals surface area contributed by atoms with Crippen molar-refractivity contribution in [3.8, 4) is 11.5 Å². The highest BCUT2D eigenvalue weighted by molar-refractivity contribution is 6.31. The Kier molecular flexibility index (Phi) is 5.04. The van der Waals surface area contributed by atoms with Gasteiger partial charge in [0, 0.05) is 16.7 Å². The third kappa shape index (κ3) is 3.27. The van der Waals surface area contributed by atoms with E-state index in [-0.39, 0.29) is 53.6 Å². The fraction of sp³-hybridized carbons (Fsp3) is 0.400. The molecule has 1 aromatic rings. The Morgan fingerprint density at radius 1 is 1.21 bits per heavy atom. The number of allylic oxidation sites excluding steroid dienone is 2. The summed E-state index contributed by atoms with van der Waals surface area (Å²) in [6.45, 7) is -0.351. The molecule has 0 radical (unpaired) electrons. The molecule has 2 bridgehead atoms. The first-order valence-corrected chi connectivity index (χ1v) is 9.49. The van der Waals surface area contributed by atoms with Gasteiger partial charge < -0.3 is 14.2 Å². The predicted molar refractivity (Wildman–Crippen MR) is 103 cm³/mol. The van der Waals surface area contributed by atoms with Crippen molar-refractivity contribution in [2.24, 2.45) is 28.8 Å². The van der Waals surface area contributed by atoms with Crippen LogP contribution in [-0.2, 0) is 19.1 Å². The van der Waals surface area contributed by atoms with Gasteiger partial charge in [0.1, 0.15) is 0 Å². The summed E-state index contributed by atoms with van der Waals surface area (Å²) < 4.78 is 15.4. The Morgan fingerprint density at radius 3 is 2.45 bits per heavy atom. The average molecular weight is 419 g/mol. The molecule has 2 amide bonds. The second-order valence-corrected chi connectivity index (χ2v) is 7.56. The van der Waals surface area contributed by atoms with E-state index in [9.17, 15) is 14.4 Å². The Morgan fingerprint density at radius 2 is 1.86 bits per heavy atom. The maximum absolute atomic E-state index is 12.8. The number of nitrogens with zero attached hydrogens (tertiary/aromatic N) is 2. The third-order valence-corrected chi connectivity index (χ3v) is 5.81. The number of amides is 2. The summed E-state index contributed by atoms with van der Waals surface area (Å²) in [6, 6.07) is 3.06. The summed E-state index contributed by atoms with van der Waals surface area (Å²) in [5.41, 5.74) is 0.358. The number of esters is 1. The second-order valence-electron chi connectivity index (χ2n) is 7.12. The summed E-state index contributed by atoms with van der Waals surface area (Å²) in [6.07, 6.45) is 6.20. The molecule has 8 nitrogen and oxygen atoms in total. The molecule has 2 fully saturated rings. The van der Waals surface area contributed by atoms with Crippen molar-refractivity contribution in [1.82, 2.24) is 5.01 Å². The Balaban J connectivity index is 1.61. The van der Waals surface area contributed by atoms with Gasteiger partial charge in [-0.05, 0) is 24.3 Å². The van der Waals surface area contributed by atoms with Gasteiger partial charge in [-0.3, -0.25) is 9.59 Å². The van der Waals surface area contributed by atoms with Gasteiger partial charge in [-0.2, -0.15) is 10.1 Å². The van der Waals surface area contributed by atoms with Crippen LogP contribution in [0.5, 0.6) is 11.5 Å². The summed E-state index contributed by atoms with van der Waals surface area (Å²) in [4.78, 5) is 36.9. The van der Waals surface area contributed by atoms with Crippen molar-refractivity contribution in [3.05, 3.63) is 34.9 Å². The van der Waals surface area contributed by atoms with Gasteiger partial charge in [0.05, 0.1) is 32.3 Å². The quantitative estimate of drug-likeness (QED) is 0.304. The highest BCUT2D eigenvalue weighted by atomic mass is 35.5. The summed E-state index contributed by atoms with van der Waals surface area (Å²) in [5.74, 6) is -1.15. The number of ether oxygens (including phenoxy) is 3. The first-order chi connectivity index (χ1) is 13.9. The van der Waals surface area contributed by atoms with Crippen LogP contribution in [0.4, 0.5) is 0 Å². The standard InChI is InChI=1S/C20H19ClN2O6/c1-27-14-7-13(21)6-12(18(14)29-9-15(24)28-2)8-22-23-19(25)16-10-3-4-11(5-10)17(16)20(23)26/h3-4,6-8,10-11,16-17H,5,9H2,1-2H3. The van der Waals surface area contributed by atoms with E-state index in [0.717, 1.165) is 11.4 Å². The fourth-order valence-corrected chi connectivity index (χ4v) is 4.52. The van der Waals surface area contributed by atoms with Gasteiger partial charge in [0.2, 0.25) is 0 Å². The SMILES string of the molecule is COC(=O)COc1c(C=NN2C(=O)C3C4C=CC(C4)C3C2=O)cc(Cl)cc1OC. The minimum absolute atomic E-state index is 0.104. The number of hydrogen-bond acceptors (Lipinski definition) is 7. The van der Waals surface area contributed by atoms with Crippen LogP contribution in [-0.4, -0.2) is 49.8 Å². The van der Waals surface area contributed by atoms with E-state index >= 15 is 0 Å². The number of benzene rings is 1. The van der Waals surface area contributed by atoms with Crippen LogP contribution < -0.4 is 9.47 Å². The zero-order valence-corrected chi connectivity index (χ0v) is 16.6. The van der Waals surface area contributed by atoms with E-state index < -0.39 is 5.97 Å². The Hall–Kier alpha value is -2.87. The van der Waals surface area contributed by atoms with E-state index in [1.165, 1.54) is 32.6 Å². The van der Waals surface area contributed by atoms with Crippen molar-refractivity contribution in [3.63, 3.8) is 0 Å². The smallest absolute Gasteiger partial charge is 0.343 e. The largest absolute Gasteiger partial charge is 0.493 e. The topological polar surface area (TPSA) is 94.5 Å². The Labute approximate surface area is 172 Å². The average Bonchev–Trinajstić information content (AvgIpc) is 3.39. The molecule has 0 aromatic heterocycles. The summed E-state index contributed by atoms with van der Waals surface area (Å²) in [5, 5.41) is 5.40. The molecule has 1 heterocycles. The Bertz CT molecular complexity index is 913. The first kappa shape index (κ1) is 19.4. The molecule has 1 aromatic carbocycles. The highest BCUT2D eigenvalue weighted by Gasteiger charge is 2.59. The van der Waals surface area contributed by atoms with Gasteiger partial charge in [-0.15, -0.1) is 0 Å². The second kappa shape index (κ2) is 7.51. The van der Waals surface area contributed by atoms with Crippen LogP contribution in [0.3, 0.4) is 0 Å². The molecule has 1 saturated carbocycles. The number of methoxy groups -OCH3 is 2. The zero-order chi connectivity index (χ0) is 20.7. The molecule has 2 aliphatic carbocycles. The number of halogens is 1. The van der Waals surface area contributed by atoms with Crippen LogP contribution in [0.2, 0.25) is 5.02 Å². The van der Waals surface area contributed by atoms with Crippen LogP contribution in [0, 0.1) is 23.7 Å². The normalized spacial score (nSPS) is 27.1. The summed E-state index contributed by atoms with van der Waals surface area (Å²) in [7, 11) is 2.67. The van der Waals surface area contributed by atoms with Crippen molar-refractivity contribution < 1.29 is 28.6 Å². The van der Waals surface area contributed by atoms with Gasteiger partial charge in [0.25, 0.3) is 11.8 Å². The number of hydrogen-bond donors (Lipinski definition) is 0. The molecule has 4 atom stereocenters. The van der Waals surface area contributed by atoms with E-state index in [0.29, 0.717) is 10.6 Å². The van der Waals surface area contributed by atoms with Crippen LogP contribution in [0.15, 0.2) is 29.4 Å². The zero-order valence-electron chi connectivity index (χ0n) is 15.8. The first-order valence-electron chi connectivity index (χ1n) is 9.12. The molecular formula is C20H19ClN2O6. The molecule has 29 heavy (non-hydrogen) atoms. The van der Waals surface area contributed by atoms with Crippen molar-refractivity contribution in [1.29, 1.82) is 0 Å². The minimum Gasteiger partial charge on any atom is -0.493 e. The third-order valence-electron chi connectivity index (χ3n) is 5.59. The molecule has 9 heteroatoms. The lowest BCUT2D eigenvalue weighted by molar-refractivity contribution is -0.143. The van der Waals surface area contributed by atoms with Crippen molar-refractivity contribution in [2.45, 2.75) is 6.42 Å².